The van der Waals surface area contributed by atoms with Crippen LogP contribution in [0.5, 0.6) is 0 Å². The van der Waals surface area contributed by atoms with Gasteiger partial charge >= 0.3 is 0 Å². The number of rotatable bonds is 3. The molecule has 0 aliphatic carbocycles. The van der Waals surface area contributed by atoms with Crippen molar-refractivity contribution >= 4 is 21.6 Å². The van der Waals surface area contributed by atoms with Gasteiger partial charge in [-0.15, -0.1) is 0 Å². The molecule has 0 radical (unpaired) electrons. The molecule has 1 amide bonds. The smallest absolute Gasteiger partial charge is 0.243 e. The molecule has 23 heavy (non-hydrogen) atoms. The Morgan fingerprint density at radius 2 is 1.96 bits per heavy atom. The molecule has 1 aromatic rings. The zero-order valence-corrected chi connectivity index (χ0v) is 14.2. The monoisotopic (exact) mass is 337 g/mol. The number of carbonyl (C=O) groups excluding carboxylic acids is 1. The maximum absolute atomic E-state index is 12.8. The van der Waals surface area contributed by atoms with Gasteiger partial charge in [0.15, 0.2) is 0 Å². The van der Waals surface area contributed by atoms with Crippen molar-refractivity contribution in [2.45, 2.75) is 31.1 Å². The lowest BCUT2D eigenvalue weighted by atomic mass is 9.99. The standard InChI is InChI=1S/C16H23N3O3S/c1-12(20)19-9-6-14-10-15(2-3-16(14)19)23(21,22)18-7-4-13(11-17)5-8-18/h2-3,10,13H,4-9,11,17H2,1H3. The lowest BCUT2D eigenvalue weighted by molar-refractivity contribution is -0.116. The number of hydrogen-bond donors (Lipinski definition) is 1. The van der Waals surface area contributed by atoms with E-state index in [0.29, 0.717) is 43.4 Å². The molecule has 2 aliphatic heterocycles. The summed E-state index contributed by atoms with van der Waals surface area (Å²) in [4.78, 5) is 13.6. The van der Waals surface area contributed by atoms with E-state index in [1.165, 1.54) is 6.92 Å². The minimum Gasteiger partial charge on any atom is -0.330 e. The Bertz CT molecular complexity index is 709. The first-order valence-electron chi connectivity index (χ1n) is 8.04. The van der Waals surface area contributed by atoms with Gasteiger partial charge in [0.25, 0.3) is 0 Å². The molecule has 0 atom stereocenters. The van der Waals surface area contributed by atoms with Crippen LogP contribution < -0.4 is 10.6 Å². The van der Waals surface area contributed by atoms with Gasteiger partial charge in [-0.25, -0.2) is 8.42 Å². The fourth-order valence-corrected chi connectivity index (χ4v) is 4.92. The van der Waals surface area contributed by atoms with E-state index in [1.807, 2.05) is 0 Å². The third-order valence-corrected chi connectivity index (χ3v) is 6.77. The highest BCUT2D eigenvalue weighted by atomic mass is 32.2. The summed E-state index contributed by atoms with van der Waals surface area (Å²) < 4.78 is 27.2. The molecule has 7 heteroatoms. The number of benzene rings is 1. The molecule has 0 bridgehead atoms. The Kier molecular flexibility index (Phi) is 4.44. The SMILES string of the molecule is CC(=O)N1CCc2cc(S(=O)(=O)N3CCC(CN)CC3)ccc21. The van der Waals surface area contributed by atoms with E-state index in [-0.39, 0.29) is 5.91 Å². The van der Waals surface area contributed by atoms with E-state index in [1.54, 1.807) is 27.4 Å². The van der Waals surface area contributed by atoms with Gasteiger partial charge in [-0.3, -0.25) is 4.79 Å². The molecule has 3 rings (SSSR count). The van der Waals surface area contributed by atoms with Crippen LogP contribution in [0.3, 0.4) is 0 Å². The highest BCUT2D eigenvalue weighted by Crippen LogP contribution is 2.32. The summed E-state index contributed by atoms with van der Waals surface area (Å²) >= 11 is 0. The molecule has 0 aromatic heterocycles. The Labute approximate surface area is 137 Å². The summed E-state index contributed by atoms with van der Waals surface area (Å²) in [5.41, 5.74) is 7.43. The van der Waals surface area contributed by atoms with Crippen molar-refractivity contribution in [2.75, 3.05) is 31.1 Å². The van der Waals surface area contributed by atoms with Gasteiger partial charge in [-0.05, 0) is 55.5 Å². The highest BCUT2D eigenvalue weighted by molar-refractivity contribution is 7.89. The highest BCUT2D eigenvalue weighted by Gasteiger charge is 2.31. The van der Waals surface area contributed by atoms with Crippen molar-refractivity contribution in [3.8, 4) is 0 Å². The molecule has 1 fully saturated rings. The van der Waals surface area contributed by atoms with Crippen LogP contribution in [0.2, 0.25) is 0 Å². The maximum atomic E-state index is 12.8. The molecule has 2 aliphatic rings. The zero-order valence-electron chi connectivity index (χ0n) is 13.4. The molecule has 0 unspecified atom stereocenters. The van der Waals surface area contributed by atoms with E-state index in [9.17, 15) is 13.2 Å². The van der Waals surface area contributed by atoms with Gasteiger partial charge in [0.05, 0.1) is 4.90 Å². The van der Waals surface area contributed by atoms with Gasteiger partial charge in [-0.2, -0.15) is 4.31 Å². The van der Waals surface area contributed by atoms with Crippen molar-refractivity contribution in [3.63, 3.8) is 0 Å². The van der Waals surface area contributed by atoms with Crippen molar-refractivity contribution in [1.29, 1.82) is 0 Å². The normalized spacial score (nSPS) is 19.8. The summed E-state index contributed by atoms with van der Waals surface area (Å²) in [7, 11) is -3.46. The quantitative estimate of drug-likeness (QED) is 0.890. The average molecular weight is 337 g/mol. The number of nitrogens with zero attached hydrogens (tertiary/aromatic N) is 2. The number of anilines is 1. The molecule has 2 heterocycles. The maximum Gasteiger partial charge on any atom is 0.243 e. The van der Waals surface area contributed by atoms with E-state index in [0.717, 1.165) is 24.1 Å². The van der Waals surface area contributed by atoms with Crippen LogP contribution in [-0.4, -0.2) is 44.8 Å². The first-order chi connectivity index (χ1) is 10.9. The summed E-state index contributed by atoms with van der Waals surface area (Å²) in [6.45, 7) is 3.83. The average Bonchev–Trinajstić information content (AvgIpc) is 2.98. The fraction of sp³-hybridized carbons (Fsp3) is 0.562. The molecule has 6 nitrogen and oxygen atoms in total. The van der Waals surface area contributed by atoms with Gasteiger partial charge in [0, 0.05) is 32.2 Å². The largest absolute Gasteiger partial charge is 0.330 e. The van der Waals surface area contributed by atoms with E-state index < -0.39 is 10.0 Å². The predicted molar refractivity (Wildman–Crippen MR) is 88.7 cm³/mol. The molecule has 0 spiro atoms. The number of nitrogens with two attached hydrogens (primary N) is 1. The third-order valence-electron chi connectivity index (χ3n) is 4.87. The summed E-state index contributed by atoms with van der Waals surface area (Å²) in [6.07, 6.45) is 2.34. The Morgan fingerprint density at radius 1 is 1.26 bits per heavy atom. The molecular formula is C16H23N3O3S. The van der Waals surface area contributed by atoms with Crippen molar-refractivity contribution in [2.24, 2.45) is 11.7 Å². The zero-order chi connectivity index (χ0) is 16.6. The van der Waals surface area contributed by atoms with Gasteiger partial charge in [0.2, 0.25) is 15.9 Å². The lowest BCUT2D eigenvalue weighted by Crippen LogP contribution is -2.40. The van der Waals surface area contributed by atoms with Gasteiger partial charge in [0.1, 0.15) is 0 Å². The number of hydrogen-bond acceptors (Lipinski definition) is 4. The van der Waals surface area contributed by atoms with Crippen LogP contribution in [0, 0.1) is 5.92 Å². The molecule has 1 aromatic carbocycles. The van der Waals surface area contributed by atoms with Crippen LogP contribution >= 0.6 is 0 Å². The predicted octanol–water partition coefficient (Wildman–Crippen LogP) is 0.955. The Balaban J connectivity index is 1.83. The Morgan fingerprint density at radius 3 is 2.57 bits per heavy atom. The summed E-state index contributed by atoms with van der Waals surface area (Å²) in [5.74, 6) is 0.411. The van der Waals surface area contributed by atoms with E-state index in [2.05, 4.69) is 0 Å². The second-order valence-electron chi connectivity index (χ2n) is 6.29. The van der Waals surface area contributed by atoms with Crippen LogP contribution in [-0.2, 0) is 21.2 Å². The first kappa shape index (κ1) is 16.4. The topological polar surface area (TPSA) is 83.7 Å². The molecular weight excluding hydrogens is 314 g/mol. The van der Waals surface area contributed by atoms with Crippen LogP contribution in [0.1, 0.15) is 25.3 Å². The number of carbonyl (C=O) groups is 1. The van der Waals surface area contributed by atoms with Gasteiger partial charge < -0.3 is 10.6 Å². The second-order valence-corrected chi connectivity index (χ2v) is 8.23. The third kappa shape index (κ3) is 3.00. The molecule has 126 valence electrons. The first-order valence-corrected chi connectivity index (χ1v) is 9.48. The number of fused-ring (bicyclic) bond motifs is 1. The van der Waals surface area contributed by atoms with Crippen molar-refractivity contribution < 1.29 is 13.2 Å². The number of sulfonamides is 1. The molecule has 0 saturated carbocycles. The molecule has 2 N–H and O–H groups in total. The van der Waals surface area contributed by atoms with Crippen LogP contribution in [0.15, 0.2) is 23.1 Å². The van der Waals surface area contributed by atoms with Crippen molar-refractivity contribution in [1.82, 2.24) is 4.31 Å². The van der Waals surface area contributed by atoms with Crippen molar-refractivity contribution in [3.05, 3.63) is 23.8 Å². The number of amides is 1. The Hall–Kier alpha value is -1.44. The minimum atomic E-state index is -3.46. The number of piperidine rings is 1. The summed E-state index contributed by atoms with van der Waals surface area (Å²) in [5, 5.41) is 0. The van der Waals surface area contributed by atoms with E-state index in [4.69, 9.17) is 5.73 Å². The fourth-order valence-electron chi connectivity index (χ4n) is 3.40. The lowest BCUT2D eigenvalue weighted by Gasteiger charge is -2.30. The minimum absolute atomic E-state index is 0.0109. The van der Waals surface area contributed by atoms with Crippen LogP contribution in [0.4, 0.5) is 5.69 Å². The second kappa shape index (κ2) is 6.22. The molecule has 1 saturated heterocycles. The summed E-state index contributed by atoms with van der Waals surface area (Å²) in [6, 6.07) is 5.09. The van der Waals surface area contributed by atoms with E-state index >= 15 is 0 Å². The van der Waals surface area contributed by atoms with Crippen LogP contribution in [0.25, 0.3) is 0 Å². The van der Waals surface area contributed by atoms with Gasteiger partial charge in [-0.1, -0.05) is 0 Å².